The molecule has 0 heterocycles. The van der Waals surface area contributed by atoms with Crippen LogP contribution in [0.25, 0.3) is 0 Å². The van der Waals surface area contributed by atoms with Crippen molar-refractivity contribution >= 4 is 12.6 Å². The minimum Gasteiger partial charge on any atom is -0.235 e. The fourth-order valence-electron chi connectivity index (χ4n) is 1.57. The van der Waals surface area contributed by atoms with Gasteiger partial charge in [-0.2, -0.15) is 0 Å². The number of hydrogen-bond donors (Lipinski definition) is 1. The summed E-state index contributed by atoms with van der Waals surface area (Å²) in [5.74, 6) is 0.816. The van der Waals surface area contributed by atoms with Crippen LogP contribution in [0.1, 0.15) is 13.3 Å². The molecule has 0 saturated heterocycles. The first-order valence-electron chi connectivity index (χ1n) is 4.77. The van der Waals surface area contributed by atoms with Crippen LogP contribution in [0, 0.1) is 11.3 Å². The number of allylic oxidation sites excluding steroid dienone is 3. The third kappa shape index (κ3) is 2.28. The number of nitrogens with one attached hydrogen (secondary N) is 1. The Morgan fingerprint density at radius 3 is 2.86 bits per heavy atom. The lowest BCUT2D eigenvalue weighted by molar-refractivity contribution is -0.441. The summed E-state index contributed by atoms with van der Waals surface area (Å²) in [6, 6.07) is 0.153. The zero-order chi connectivity index (χ0) is 10.6. The Labute approximate surface area is 85.5 Å². The van der Waals surface area contributed by atoms with E-state index in [1.807, 2.05) is 18.2 Å². The van der Waals surface area contributed by atoms with Gasteiger partial charge in [0.2, 0.25) is 0 Å². The first-order chi connectivity index (χ1) is 6.66. The second kappa shape index (κ2) is 4.70. The molecule has 1 aliphatic carbocycles. The van der Waals surface area contributed by atoms with Crippen molar-refractivity contribution < 1.29 is 4.58 Å². The molecule has 1 aliphatic rings. The molecule has 2 heteroatoms. The first kappa shape index (κ1) is 10.6. The van der Waals surface area contributed by atoms with E-state index in [1.165, 1.54) is 0 Å². The molecule has 1 N–H and O–H groups in total. The van der Waals surface area contributed by atoms with E-state index >= 15 is 0 Å². The van der Waals surface area contributed by atoms with Crippen molar-refractivity contribution in [2.45, 2.75) is 19.4 Å². The fraction of sp³-hybridized carbons (Fsp3) is 0.333. The summed E-state index contributed by atoms with van der Waals surface area (Å²) in [5, 5.41) is 7.55. The third-order valence-electron chi connectivity index (χ3n) is 2.50. The van der Waals surface area contributed by atoms with E-state index in [0.29, 0.717) is 11.8 Å². The summed E-state index contributed by atoms with van der Waals surface area (Å²) in [4.78, 5) is 0. The quantitative estimate of drug-likeness (QED) is 0.299. The summed E-state index contributed by atoms with van der Waals surface area (Å²) in [7, 11) is 0. The van der Waals surface area contributed by atoms with Crippen LogP contribution in [0.15, 0.2) is 37.0 Å². The Balaban J connectivity index is 2.88. The van der Waals surface area contributed by atoms with Crippen molar-refractivity contribution in [3.8, 4) is 0 Å². The lowest BCUT2D eigenvalue weighted by Gasteiger charge is -2.18. The molecule has 0 saturated carbocycles. The Morgan fingerprint density at radius 1 is 1.57 bits per heavy atom. The monoisotopic (exact) mass is 189 g/mol. The molecule has 0 aromatic carbocycles. The van der Waals surface area contributed by atoms with Crippen LogP contribution in [-0.2, 0) is 0 Å². The number of hydrogen-bond acceptors (Lipinski definition) is 1. The fourth-order valence-corrected chi connectivity index (χ4v) is 1.57. The van der Waals surface area contributed by atoms with Gasteiger partial charge in [-0.3, -0.25) is 0 Å². The van der Waals surface area contributed by atoms with E-state index in [0.717, 1.165) is 6.42 Å². The van der Waals surface area contributed by atoms with E-state index in [9.17, 15) is 0 Å². The van der Waals surface area contributed by atoms with Crippen molar-refractivity contribution in [1.29, 1.82) is 5.41 Å². The maximum absolute atomic E-state index is 7.55. The van der Waals surface area contributed by atoms with Crippen LogP contribution < -0.4 is 0 Å². The number of amidine groups is 1. The molecule has 2 unspecified atom stereocenters. The molecular formula is C12H17N2+. The maximum Gasteiger partial charge on any atom is 0.286 e. The van der Waals surface area contributed by atoms with E-state index in [-0.39, 0.29) is 6.04 Å². The predicted octanol–water partition coefficient (Wildman–Crippen LogP) is 2.38. The molecule has 0 radical (unpaired) electrons. The summed E-state index contributed by atoms with van der Waals surface area (Å²) in [5.41, 5.74) is 0. The van der Waals surface area contributed by atoms with Gasteiger partial charge in [0.15, 0.2) is 0 Å². The molecule has 14 heavy (non-hydrogen) atoms. The molecule has 0 fully saturated rings. The molecule has 0 aliphatic heterocycles. The highest BCUT2D eigenvalue weighted by molar-refractivity contribution is 5.69. The maximum atomic E-state index is 7.55. The minimum atomic E-state index is 0.153. The van der Waals surface area contributed by atoms with Crippen LogP contribution in [0.5, 0.6) is 0 Å². The van der Waals surface area contributed by atoms with Crippen LogP contribution in [0.4, 0.5) is 0 Å². The standard InChI is InChI=1S/C12H17N2/c1-4-11-8-6-5-7-9-12(11)14(3)10(2)13/h4-7,9,11-13H,1,3,8H2,2H3/q+1. The summed E-state index contributed by atoms with van der Waals surface area (Å²) in [6.45, 7) is 9.46. The summed E-state index contributed by atoms with van der Waals surface area (Å²) in [6.07, 6.45) is 11.1. The van der Waals surface area contributed by atoms with Gasteiger partial charge < -0.3 is 0 Å². The molecule has 0 spiro atoms. The Bertz CT molecular complexity index is 310. The van der Waals surface area contributed by atoms with Gasteiger partial charge in [-0.05, 0) is 12.5 Å². The average Bonchev–Trinajstić information content (AvgIpc) is 2.40. The lowest BCUT2D eigenvalue weighted by atomic mass is 9.96. The molecule has 0 aromatic heterocycles. The van der Waals surface area contributed by atoms with Crippen molar-refractivity contribution in [3.63, 3.8) is 0 Å². The van der Waals surface area contributed by atoms with Crippen LogP contribution >= 0.6 is 0 Å². The Hall–Kier alpha value is -1.44. The Morgan fingerprint density at radius 2 is 2.29 bits per heavy atom. The van der Waals surface area contributed by atoms with Crippen molar-refractivity contribution in [2.75, 3.05) is 0 Å². The van der Waals surface area contributed by atoms with Crippen molar-refractivity contribution in [1.82, 2.24) is 0 Å². The molecule has 0 aromatic rings. The van der Waals surface area contributed by atoms with Crippen molar-refractivity contribution in [2.24, 2.45) is 5.92 Å². The molecular weight excluding hydrogens is 172 g/mol. The zero-order valence-corrected chi connectivity index (χ0v) is 8.61. The number of rotatable bonds is 2. The van der Waals surface area contributed by atoms with Crippen LogP contribution in [0.2, 0.25) is 0 Å². The SMILES string of the molecule is C=CC1CC=CC=CC1[N+](=C)C(C)=N. The second-order valence-electron chi connectivity index (χ2n) is 3.49. The van der Waals surface area contributed by atoms with Gasteiger partial charge >= 0.3 is 0 Å². The van der Waals surface area contributed by atoms with Gasteiger partial charge in [0.05, 0.1) is 6.72 Å². The van der Waals surface area contributed by atoms with E-state index in [4.69, 9.17) is 5.41 Å². The van der Waals surface area contributed by atoms with E-state index < -0.39 is 0 Å². The predicted molar refractivity (Wildman–Crippen MR) is 61.2 cm³/mol. The zero-order valence-electron chi connectivity index (χ0n) is 8.61. The molecule has 74 valence electrons. The highest BCUT2D eigenvalue weighted by Gasteiger charge is 2.23. The summed E-state index contributed by atoms with van der Waals surface area (Å²) < 4.78 is 1.73. The van der Waals surface area contributed by atoms with Gasteiger partial charge in [0.25, 0.3) is 5.84 Å². The highest BCUT2D eigenvalue weighted by Crippen LogP contribution is 2.18. The molecule has 2 atom stereocenters. The molecule has 2 nitrogen and oxygen atoms in total. The van der Waals surface area contributed by atoms with Gasteiger partial charge in [-0.1, -0.05) is 24.3 Å². The molecule has 0 bridgehead atoms. The highest BCUT2D eigenvalue weighted by atomic mass is 15.1. The largest absolute Gasteiger partial charge is 0.286 e. The van der Waals surface area contributed by atoms with Gasteiger partial charge in [-0.15, -0.1) is 12.0 Å². The smallest absolute Gasteiger partial charge is 0.235 e. The van der Waals surface area contributed by atoms with E-state index in [2.05, 4.69) is 25.4 Å². The van der Waals surface area contributed by atoms with Gasteiger partial charge in [-0.25, -0.2) is 4.58 Å². The Kier molecular flexibility index (Phi) is 3.57. The third-order valence-corrected chi connectivity index (χ3v) is 2.50. The van der Waals surface area contributed by atoms with Crippen LogP contribution in [-0.4, -0.2) is 23.2 Å². The normalized spacial score (nSPS) is 25.5. The topological polar surface area (TPSA) is 26.9 Å². The minimum absolute atomic E-state index is 0.153. The molecule has 1 rings (SSSR count). The van der Waals surface area contributed by atoms with Crippen LogP contribution in [0.3, 0.4) is 0 Å². The van der Waals surface area contributed by atoms with Gasteiger partial charge in [0.1, 0.15) is 6.04 Å². The van der Waals surface area contributed by atoms with E-state index in [1.54, 1.807) is 11.5 Å². The van der Waals surface area contributed by atoms with Gasteiger partial charge in [0, 0.05) is 12.8 Å². The molecule has 0 amide bonds. The average molecular weight is 189 g/mol. The summed E-state index contributed by atoms with van der Waals surface area (Å²) >= 11 is 0. The lowest BCUT2D eigenvalue weighted by Crippen LogP contribution is -2.32. The van der Waals surface area contributed by atoms with Crippen molar-refractivity contribution in [3.05, 3.63) is 37.0 Å². The first-order valence-corrected chi connectivity index (χ1v) is 4.77. The second-order valence-corrected chi connectivity index (χ2v) is 3.49. The number of nitrogens with zero attached hydrogens (tertiary/aromatic N) is 1.